The minimum atomic E-state index is -0.702. The van der Waals surface area contributed by atoms with E-state index in [1.165, 1.54) is 6.42 Å². The third kappa shape index (κ3) is 2.71. The summed E-state index contributed by atoms with van der Waals surface area (Å²) in [4.78, 5) is 10.7. The Morgan fingerprint density at radius 2 is 2.21 bits per heavy atom. The molecule has 1 rings (SSSR count). The van der Waals surface area contributed by atoms with Gasteiger partial charge in [0, 0.05) is 12.1 Å². The molecule has 14 heavy (non-hydrogen) atoms. The monoisotopic (exact) mass is 199 g/mol. The van der Waals surface area contributed by atoms with Gasteiger partial charge >= 0.3 is 5.97 Å². The van der Waals surface area contributed by atoms with Crippen molar-refractivity contribution in [3.05, 3.63) is 0 Å². The van der Waals surface area contributed by atoms with Gasteiger partial charge in [0.05, 0.1) is 6.42 Å². The summed E-state index contributed by atoms with van der Waals surface area (Å²) in [7, 11) is 0. The molecule has 2 N–H and O–H groups in total. The van der Waals surface area contributed by atoms with Gasteiger partial charge in [0.2, 0.25) is 0 Å². The molecule has 0 radical (unpaired) electrons. The summed E-state index contributed by atoms with van der Waals surface area (Å²) in [5.41, 5.74) is 0.115. The van der Waals surface area contributed by atoms with Gasteiger partial charge in [0.1, 0.15) is 0 Å². The lowest BCUT2D eigenvalue weighted by Gasteiger charge is -2.42. The van der Waals surface area contributed by atoms with Crippen molar-refractivity contribution in [2.75, 3.05) is 0 Å². The Bertz CT molecular complexity index is 213. The van der Waals surface area contributed by atoms with E-state index < -0.39 is 5.97 Å². The fourth-order valence-electron chi connectivity index (χ4n) is 2.15. The zero-order valence-electron chi connectivity index (χ0n) is 9.34. The molecule has 0 aliphatic carbocycles. The highest BCUT2D eigenvalue weighted by Crippen LogP contribution is 2.34. The number of hydrogen-bond acceptors (Lipinski definition) is 2. The summed E-state index contributed by atoms with van der Waals surface area (Å²) in [6.07, 6.45) is 3.62. The van der Waals surface area contributed by atoms with Gasteiger partial charge in [0.15, 0.2) is 0 Å². The molecule has 82 valence electrons. The Morgan fingerprint density at radius 3 is 2.71 bits per heavy atom. The van der Waals surface area contributed by atoms with E-state index in [1.807, 2.05) is 0 Å². The highest BCUT2D eigenvalue weighted by Gasteiger charge is 2.36. The van der Waals surface area contributed by atoms with Crippen LogP contribution >= 0.6 is 0 Å². The molecular weight excluding hydrogens is 178 g/mol. The lowest BCUT2D eigenvalue weighted by molar-refractivity contribution is -0.138. The van der Waals surface area contributed by atoms with Crippen LogP contribution in [0.15, 0.2) is 0 Å². The first-order valence-corrected chi connectivity index (χ1v) is 5.43. The van der Waals surface area contributed by atoms with Crippen molar-refractivity contribution in [1.29, 1.82) is 0 Å². The van der Waals surface area contributed by atoms with Crippen LogP contribution in [-0.4, -0.2) is 23.2 Å². The average Bonchev–Trinajstić information content (AvgIpc) is 2.08. The van der Waals surface area contributed by atoms with E-state index in [9.17, 15) is 4.79 Å². The summed E-state index contributed by atoms with van der Waals surface area (Å²) in [5.74, 6) is -0.702. The molecule has 1 aliphatic rings. The predicted octanol–water partition coefficient (Wildman–Crippen LogP) is 2.02. The molecule has 1 saturated heterocycles. The zero-order chi connectivity index (χ0) is 10.8. The van der Waals surface area contributed by atoms with Crippen molar-refractivity contribution in [3.63, 3.8) is 0 Å². The lowest BCUT2D eigenvalue weighted by Crippen LogP contribution is -2.52. The third-order valence-corrected chi connectivity index (χ3v) is 3.39. The van der Waals surface area contributed by atoms with Gasteiger partial charge in [0.25, 0.3) is 0 Å². The van der Waals surface area contributed by atoms with E-state index in [0.717, 1.165) is 12.8 Å². The van der Waals surface area contributed by atoms with E-state index in [-0.39, 0.29) is 17.9 Å². The number of aliphatic carboxylic acids is 1. The molecule has 0 aromatic heterocycles. The quantitative estimate of drug-likeness (QED) is 0.731. The minimum Gasteiger partial charge on any atom is -0.481 e. The van der Waals surface area contributed by atoms with E-state index in [1.54, 1.807) is 0 Å². The number of carboxylic acids is 1. The summed E-state index contributed by atoms with van der Waals surface area (Å²) in [5, 5.41) is 12.3. The fourth-order valence-corrected chi connectivity index (χ4v) is 2.15. The lowest BCUT2D eigenvalue weighted by atomic mass is 9.74. The molecule has 0 bridgehead atoms. The minimum absolute atomic E-state index is 0.115. The van der Waals surface area contributed by atoms with Crippen LogP contribution in [0.1, 0.15) is 46.5 Å². The molecule has 3 heteroatoms. The standard InChI is InChI=1S/C11H21NO2/c1-4-8-5-6-11(2,3)9(12-8)7-10(13)14/h8-9,12H,4-7H2,1-3H3,(H,13,14)/t8-,9-/m1/s1. The smallest absolute Gasteiger partial charge is 0.304 e. The predicted molar refractivity (Wildman–Crippen MR) is 56.3 cm³/mol. The molecule has 0 unspecified atom stereocenters. The highest BCUT2D eigenvalue weighted by molar-refractivity contribution is 5.67. The Hall–Kier alpha value is -0.570. The highest BCUT2D eigenvalue weighted by atomic mass is 16.4. The Labute approximate surface area is 85.9 Å². The largest absolute Gasteiger partial charge is 0.481 e. The molecule has 1 aliphatic heterocycles. The summed E-state index contributed by atoms with van der Waals surface area (Å²) in [6, 6.07) is 0.631. The molecule has 0 aromatic carbocycles. The first kappa shape index (κ1) is 11.5. The van der Waals surface area contributed by atoms with E-state index >= 15 is 0 Å². The van der Waals surface area contributed by atoms with Crippen LogP contribution in [0, 0.1) is 5.41 Å². The first-order valence-electron chi connectivity index (χ1n) is 5.43. The van der Waals surface area contributed by atoms with Crippen LogP contribution in [0.4, 0.5) is 0 Å². The van der Waals surface area contributed by atoms with Crippen molar-refractivity contribution >= 4 is 5.97 Å². The SMILES string of the molecule is CC[C@@H]1CCC(C)(C)[C@@H](CC(=O)O)N1. The normalized spacial score (nSPS) is 31.4. The molecule has 0 amide bonds. The van der Waals surface area contributed by atoms with E-state index in [2.05, 4.69) is 26.1 Å². The summed E-state index contributed by atoms with van der Waals surface area (Å²) in [6.45, 7) is 6.45. The molecule has 3 nitrogen and oxygen atoms in total. The summed E-state index contributed by atoms with van der Waals surface area (Å²) >= 11 is 0. The maximum atomic E-state index is 10.7. The van der Waals surface area contributed by atoms with Crippen molar-refractivity contribution in [1.82, 2.24) is 5.32 Å². The van der Waals surface area contributed by atoms with Gasteiger partial charge in [-0.05, 0) is 24.7 Å². The van der Waals surface area contributed by atoms with Crippen LogP contribution in [0.3, 0.4) is 0 Å². The maximum absolute atomic E-state index is 10.7. The van der Waals surface area contributed by atoms with Crippen LogP contribution in [0.25, 0.3) is 0 Å². The van der Waals surface area contributed by atoms with Gasteiger partial charge in [-0.15, -0.1) is 0 Å². The number of hydrogen-bond donors (Lipinski definition) is 2. The van der Waals surface area contributed by atoms with Gasteiger partial charge in [-0.25, -0.2) is 0 Å². The Kier molecular flexibility index (Phi) is 3.53. The van der Waals surface area contributed by atoms with Crippen molar-refractivity contribution < 1.29 is 9.90 Å². The van der Waals surface area contributed by atoms with Gasteiger partial charge in [-0.1, -0.05) is 20.8 Å². The summed E-state index contributed by atoms with van der Waals surface area (Å²) < 4.78 is 0. The molecule has 2 atom stereocenters. The van der Waals surface area contributed by atoms with Crippen molar-refractivity contribution in [2.24, 2.45) is 5.41 Å². The fraction of sp³-hybridized carbons (Fsp3) is 0.909. The second-order valence-corrected chi connectivity index (χ2v) is 4.95. The van der Waals surface area contributed by atoms with Crippen LogP contribution in [0.5, 0.6) is 0 Å². The molecule has 0 spiro atoms. The van der Waals surface area contributed by atoms with Crippen LogP contribution < -0.4 is 5.32 Å². The Balaban J connectivity index is 2.61. The maximum Gasteiger partial charge on any atom is 0.304 e. The van der Waals surface area contributed by atoms with Crippen molar-refractivity contribution in [2.45, 2.75) is 58.5 Å². The molecule has 1 fully saturated rings. The Morgan fingerprint density at radius 1 is 1.57 bits per heavy atom. The third-order valence-electron chi connectivity index (χ3n) is 3.39. The second kappa shape index (κ2) is 4.30. The number of piperidine rings is 1. The number of nitrogens with one attached hydrogen (secondary N) is 1. The van der Waals surface area contributed by atoms with Gasteiger partial charge < -0.3 is 10.4 Å². The molecule has 1 heterocycles. The zero-order valence-corrected chi connectivity index (χ0v) is 9.34. The number of carbonyl (C=O) groups is 1. The first-order chi connectivity index (χ1) is 6.45. The average molecular weight is 199 g/mol. The van der Waals surface area contributed by atoms with Gasteiger partial charge in [-0.3, -0.25) is 4.79 Å². The number of rotatable bonds is 3. The van der Waals surface area contributed by atoms with E-state index in [4.69, 9.17) is 5.11 Å². The van der Waals surface area contributed by atoms with Crippen molar-refractivity contribution in [3.8, 4) is 0 Å². The van der Waals surface area contributed by atoms with Crippen LogP contribution in [0.2, 0.25) is 0 Å². The van der Waals surface area contributed by atoms with Gasteiger partial charge in [-0.2, -0.15) is 0 Å². The molecular formula is C11H21NO2. The topological polar surface area (TPSA) is 49.3 Å². The second-order valence-electron chi connectivity index (χ2n) is 4.95. The van der Waals surface area contributed by atoms with E-state index in [0.29, 0.717) is 6.04 Å². The molecule has 0 saturated carbocycles. The molecule has 0 aromatic rings. The van der Waals surface area contributed by atoms with Crippen LogP contribution in [-0.2, 0) is 4.79 Å². The number of carboxylic acid groups (broad SMARTS) is 1.